The number of piperazine rings is 1. The van der Waals surface area contributed by atoms with Gasteiger partial charge in [-0.2, -0.15) is 0 Å². The summed E-state index contributed by atoms with van der Waals surface area (Å²) < 4.78 is 2.60. The Balaban J connectivity index is 1.30. The molecule has 0 spiro atoms. The SMILES string of the molecule is CC1CNCCN1c1nc2ccccc2n1C1CCN(CC2CCCCCCC2)CC1. The Labute approximate surface area is 188 Å². The van der Waals surface area contributed by atoms with Crippen LogP contribution >= 0.6 is 0 Å². The van der Waals surface area contributed by atoms with Gasteiger partial charge in [-0.3, -0.25) is 0 Å². The number of hydrogen-bond donors (Lipinski definition) is 1. The number of imidazole rings is 1. The minimum atomic E-state index is 0.490. The number of nitrogens with zero attached hydrogens (tertiary/aromatic N) is 4. The number of anilines is 1. The van der Waals surface area contributed by atoms with Gasteiger partial charge in [0.2, 0.25) is 5.95 Å². The molecule has 1 unspecified atom stereocenters. The van der Waals surface area contributed by atoms with Gasteiger partial charge in [0.1, 0.15) is 0 Å². The summed E-state index contributed by atoms with van der Waals surface area (Å²) in [4.78, 5) is 10.5. The van der Waals surface area contributed by atoms with Gasteiger partial charge in [0.25, 0.3) is 0 Å². The smallest absolute Gasteiger partial charge is 0.207 e. The topological polar surface area (TPSA) is 36.3 Å². The second kappa shape index (κ2) is 9.91. The molecule has 5 heteroatoms. The van der Waals surface area contributed by atoms with Gasteiger partial charge in [0.05, 0.1) is 11.0 Å². The first-order valence-electron chi connectivity index (χ1n) is 13.0. The Hall–Kier alpha value is -1.59. The fraction of sp³-hybridized carbons (Fsp3) is 0.731. The van der Waals surface area contributed by atoms with E-state index in [4.69, 9.17) is 4.98 Å². The Morgan fingerprint density at radius 2 is 1.68 bits per heavy atom. The van der Waals surface area contributed by atoms with E-state index in [-0.39, 0.29) is 0 Å². The lowest BCUT2D eigenvalue weighted by Crippen LogP contribution is -2.51. The summed E-state index contributed by atoms with van der Waals surface area (Å²) in [6.45, 7) is 9.28. The van der Waals surface area contributed by atoms with E-state index in [1.807, 2.05) is 0 Å². The maximum atomic E-state index is 5.14. The molecule has 5 rings (SSSR count). The lowest BCUT2D eigenvalue weighted by molar-refractivity contribution is 0.153. The highest BCUT2D eigenvalue weighted by Gasteiger charge is 2.30. The molecule has 3 fully saturated rings. The number of para-hydroxylation sites is 2. The van der Waals surface area contributed by atoms with Crippen LogP contribution in [-0.2, 0) is 0 Å². The van der Waals surface area contributed by atoms with E-state index in [0.717, 1.165) is 31.1 Å². The van der Waals surface area contributed by atoms with Crippen molar-refractivity contribution >= 4 is 17.0 Å². The van der Waals surface area contributed by atoms with E-state index < -0.39 is 0 Å². The van der Waals surface area contributed by atoms with Gasteiger partial charge < -0.3 is 19.7 Å². The normalized spacial score (nSPS) is 25.6. The Kier molecular flexibility index (Phi) is 6.80. The summed E-state index contributed by atoms with van der Waals surface area (Å²) in [6.07, 6.45) is 12.7. The molecule has 3 aliphatic rings. The quantitative estimate of drug-likeness (QED) is 0.764. The lowest BCUT2D eigenvalue weighted by atomic mass is 9.90. The van der Waals surface area contributed by atoms with Crippen molar-refractivity contribution < 1.29 is 0 Å². The predicted octanol–water partition coefficient (Wildman–Crippen LogP) is 4.83. The molecular weight excluding hydrogens is 382 g/mol. The Bertz CT molecular complexity index is 829. The van der Waals surface area contributed by atoms with Crippen molar-refractivity contribution in [2.45, 2.75) is 76.8 Å². The molecule has 1 aromatic heterocycles. The van der Waals surface area contributed by atoms with Crippen molar-refractivity contribution in [2.75, 3.05) is 44.2 Å². The zero-order valence-corrected chi connectivity index (χ0v) is 19.4. The van der Waals surface area contributed by atoms with Crippen molar-refractivity contribution in [1.29, 1.82) is 0 Å². The predicted molar refractivity (Wildman–Crippen MR) is 130 cm³/mol. The van der Waals surface area contributed by atoms with Crippen LogP contribution in [-0.4, -0.2) is 59.8 Å². The van der Waals surface area contributed by atoms with Crippen LogP contribution in [0.3, 0.4) is 0 Å². The molecule has 5 nitrogen and oxygen atoms in total. The summed E-state index contributed by atoms with van der Waals surface area (Å²) in [6, 6.07) is 9.82. The summed E-state index contributed by atoms with van der Waals surface area (Å²) in [5.74, 6) is 2.14. The van der Waals surface area contributed by atoms with Crippen molar-refractivity contribution in [2.24, 2.45) is 5.92 Å². The number of piperidine rings is 1. The average Bonchev–Trinajstić information content (AvgIpc) is 3.16. The highest BCUT2D eigenvalue weighted by molar-refractivity contribution is 5.79. The van der Waals surface area contributed by atoms with Crippen molar-refractivity contribution in [1.82, 2.24) is 19.8 Å². The molecule has 1 aliphatic carbocycles. The fourth-order valence-electron chi connectivity index (χ4n) is 6.18. The molecule has 2 saturated heterocycles. The number of aromatic nitrogens is 2. The van der Waals surface area contributed by atoms with Crippen LogP contribution in [0.5, 0.6) is 0 Å². The molecular formula is C26H41N5. The van der Waals surface area contributed by atoms with Crippen LogP contribution in [0.15, 0.2) is 24.3 Å². The van der Waals surface area contributed by atoms with Crippen LogP contribution in [0.1, 0.15) is 70.8 Å². The average molecular weight is 424 g/mol. The molecule has 0 bridgehead atoms. The monoisotopic (exact) mass is 423 g/mol. The summed E-state index contributed by atoms with van der Waals surface area (Å²) in [5, 5.41) is 3.53. The van der Waals surface area contributed by atoms with Crippen LogP contribution in [0, 0.1) is 5.92 Å². The molecule has 1 saturated carbocycles. The van der Waals surface area contributed by atoms with Gasteiger partial charge in [-0.1, -0.05) is 44.2 Å². The van der Waals surface area contributed by atoms with E-state index in [9.17, 15) is 0 Å². The van der Waals surface area contributed by atoms with Crippen molar-refractivity contribution in [3.63, 3.8) is 0 Å². The molecule has 1 N–H and O–H groups in total. The summed E-state index contributed by atoms with van der Waals surface area (Å²) >= 11 is 0. The largest absolute Gasteiger partial charge is 0.337 e. The minimum absolute atomic E-state index is 0.490. The number of hydrogen-bond acceptors (Lipinski definition) is 4. The van der Waals surface area contributed by atoms with Gasteiger partial charge in [0, 0.05) is 51.4 Å². The van der Waals surface area contributed by atoms with Gasteiger partial charge in [0.15, 0.2) is 0 Å². The lowest BCUT2D eigenvalue weighted by Gasteiger charge is -2.39. The van der Waals surface area contributed by atoms with E-state index in [0.29, 0.717) is 12.1 Å². The maximum Gasteiger partial charge on any atom is 0.207 e. The second-order valence-corrected chi connectivity index (χ2v) is 10.3. The van der Waals surface area contributed by atoms with Crippen molar-refractivity contribution in [3.05, 3.63) is 24.3 Å². The van der Waals surface area contributed by atoms with E-state index >= 15 is 0 Å². The third-order valence-corrected chi connectivity index (χ3v) is 8.00. The maximum absolute atomic E-state index is 5.14. The third-order valence-electron chi connectivity index (χ3n) is 8.00. The number of fused-ring (bicyclic) bond motifs is 1. The van der Waals surface area contributed by atoms with Gasteiger partial charge in [-0.05, 0) is 50.7 Å². The molecule has 0 amide bonds. The molecule has 0 radical (unpaired) electrons. The molecule has 2 aliphatic heterocycles. The van der Waals surface area contributed by atoms with Crippen LogP contribution in [0.25, 0.3) is 11.0 Å². The first-order valence-corrected chi connectivity index (χ1v) is 13.0. The Morgan fingerprint density at radius 1 is 0.935 bits per heavy atom. The summed E-state index contributed by atoms with van der Waals surface area (Å²) in [5.41, 5.74) is 2.47. The van der Waals surface area contributed by atoms with Gasteiger partial charge in [-0.15, -0.1) is 0 Å². The second-order valence-electron chi connectivity index (χ2n) is 10.3. The number of rotatable bonds is 4. The highest BCUT2D eigenvalue weighted by atomic mass is 15.4. The number of likely N-dealkylation sites (tertiary alicyclic amines) is 1. The zero-order valence-electron chi connectivity index (χ0n) is 19.4. The first kappa shape index (κ1) is 21.3. The van der Waals surface area contributed by atoms with Gasteiger partial charge in [-0.25, -0.2) is 4.98 Å². The molecule has 1 atom stereocenters. The van der Waals surface area contributed by atoms with E-state index in [1.165, 1.54) is 88.9 Å². The third kappa shape index (κ3) is 4.78. The van der Waals surface area contributed by atoms with Gasteiger partial charge >= 0.3 is 0 Å². The minimum Gasteiger partial charge on any atom is -0.337 e. The number of benzene rings is 1. The van der Waals surface area contributed by atoms with E-state index in [2.05, 4.69) is 50.9 Å². The van der Waals surface area contributed by atoms with Crippen molar-refractivity contribution in [3.8, 4) is 0 Å². The molecule has 31 heavy (non-hydrogen) atoms. The van der Waals surface area contributed by atoms with E-state index in [1.54, 1.807) is 0 Å². The zero-order chi connectivity index (χ0) is 21.0. The van der Waals surface area contributed by atoms with Crippen LogP contribution in [0.4, 0.5) is 5.95 Å². The fourth-order valence-corrected chi connectivity index (χ4v) is 6.18. The Morgan fingerprint density at radius 3 is 2.45 bits per heavy atom. The number of nitrogens with one attached hydrogen (secondary N) is 1. The molecule has 1 aromatic carbocycles. The van der Waals surface area contributed by atoms with Crippen LogP contribution < -0.4 is 10.2 Å². The molecule has 170 valence electrons. The summed E-state index contributed by atoms with van der Waals surface area (Å²) in [7, 11) is 0. The van der Waals surface area contributed by atoms with Crippen LogP contribution in [0.2, 0.25) is 0 Å². The molecule has 2 aromatic rings. The highest BCUT2D eigenvalue weighted by Crippen LogP contribution is 2.34. The first-order chi connectivity index (χ1) is 15.3. The standard InChI is InChI=1S/C26H41N5/c1-21-19-27-15-18-30(21)26-28-24-11-7-8-12-25(24)31(26)23-13-16-29(17-14-23)20-22-9-5-3-2-4-6-10-22/h7-8,11-12,21-23,27H,2-6,9-10,13-20H2,1H3. The molecule has 3 heterocycles.